The van der Waals surface area contributed by atoms with Crippen LogP contribution in [-0.2, 0) is 19.5 Å². The molecule has 0 aromatic carbocycles. The molecule has 24 heavy (non-hydrogen) atoms. The second kappa shape index (κ2) is 14.5. The van der Waals surface area contributed by atoms with Crippen LogP contribution in [0.4, 0.5) is 0 Å². The Morgan fingerprint density at radius 2 is 1.25 bits per heavy atom. The molecular formula is C22H43N2+. The standard InChI is InChI=1S/C22H43N2/c1-4-7-9-11-13-15-17-19-24-21-20-23(22(24)6-3)18-16-14-12-10-8-5-2/h20-21H,4-19H2,1-3H3/q+1. The first kappa shape index (κ1) is 21.3. The first-order chi connectivity index (χ1) is 11.8. The number of hydrogen-bond donors (Lipinski definition) is 0. The second-order valence-corrected chi connectivity index (χ2v) is 7.34. The Balaban J connectivity index is 2.22. The summed E-state index contributed by atoms with van der Waals surface area (Å²) in [4.78, 5) is 0. The lowest BCUT2D eigenvalue weighted by atomic mass is 10.1. The van der Waals surface area contributed by atoms with E-state index in [9.17, 15) is 0 Å². The third-order valence-electron chi connectivity index (χ3n) is 5.16. The molecule has 0 unspecified atom stereocenters. The number of imidazole rings is 1. The Kier molecular flexibility index (Phi) is 12.9. The highest BCUT2D eigenvalue weighted by Crippen LogP contribution is 2.09. The van der Waals surface area contributed by atoms with Crippen LogP contribution in [0.1, 0.15) is 110 Å². The molecule has 2 nitrogen and oxygen atoms in total. The van der Waals surface area contributed by atoms with Gasteiger partial charge in [-0.1, -0.05) is 78.6 Å². The summed E-state index contributed by atoms with van der Waals surface area (Å²) in [5, 5.41) is 0. The van der Waals surface area contributed by atoms with Gasteiger partial charge < -0.3 is 0 Å². The molecule has 0 bridgehead atoms. The average Bonchev–Trinajstić information content (AvgIpc) is 2.99. The lowest BCUT2D eigenvalue weighted by Gasteiger charge is -2.04. The molecule has 0 N–H and O–H groups in total. The van der Waals surface area contributed by atoms with Gasteiger partial charge in [0.2, 0.25) is 0 Å². The minimum atomic E-state index is 1.15. The van der Waals surface area contributed by atoms with Gasteiger partial charge in [-0.25, -0.2) is 9.13 Å². The maximum Gasteiger partial charge on any atom is 0.256 e. The van der Waals surface area contributed by atoms with Crippen LogP contribution in [0.2, 0.25) is 0 Å². The van der Waals surface area contributed by atoms with Crippen LogP contribution in [0.15, 0.2) is 12.4 Å². The van der Waals surface area contributed by atoms with Gasteiger partial charge in [0, 0.05) is 6.42 Å². The largest absolute Gasteiger partial charge is 0.256 e. The molecule has 0 aliphatic rings. The summed E-state index contributed by atoms with van der Waals surface area (Å²) in [6, 6.07) is 0. The van der Waals surface area contributed by atoms with E-state index in [1.54, 1.807) is 0 Å². The normalized spacial score (nSPS) is 11.3. The summed E-state index contributed by atoms with van der Waals surface area (Å²) in [7, 11) is 0. The van der Waals surface area contributed by atoms with E-state index in [1.165, 1.54) is 102 Å². The summed E-state index contributed by atoms with van der Waals surface area (Å²) in [6.07, 6.45) is 23.8. The summed E-state index contributed by atoms with van der Waals surface area (Å²) < 4.78 is 5.00. The number of aryl methyl sites for hydroxylation is 2. The van der Waals surface area contributed by atoms with Gasteiger partial charge in [0.25, 0.3) is 5.82 Å². The van der Waals surface area contributed by atoms with Crippen molar-refractivity contribution in [2.24, 2.45) is 0 Å². The van der Waals surface area contributed by atoms with E-state index in [-0.39, 0.29) is 0 Å². The monoisotopic (exact) mass is 335 g/mol. The summed E-state index contributed by atoms with van der Waals surface area (Å²) in [5.41, 5.74) is 0. The molecule has 1 aromatic heterocycles. The van der Waals surface area contributed by atoms with Crippen molar-refractivity contribution in [1.82, 2.24) is 4.57 Å². The Bertz CT molecular complexity index is 395. The molecule has 140 valence electrons. The fraction of sp³-hybridized carbons (Fsp3) is 0.864. The van der Waals surface area contributed by atoms with Gasteiger partial charge in [-0.05, 0) is 25.7 Å². The van der Waals surface area contributed by atoms with Crippen molar-refractivity contribution in [1.29, 1.82) is 0 Å². The average molecular weight is 336 g/mol. The molecule has 0 saturated carbocycles. The molecule has 1 aromatic rings. The van der Waals surface area contributed by atoms with E-state index in [2.05, 4.69) is 42.3 Å². The number of nitrogens with zero attached hydrogens (tertiary/aromatic N) is 2. The molecular weight excluding hydrogens is 292 g/mol. The van der Waals surface area contributed by atoms with Gasteiger partial charge in [-0.3, -0.25) is 0 Å². The van der Waals surface area contributed by atoms with Gasteiger partial charge in [0.15, 0.2) is 0 Å². The molecule has 0 saturated heterocycles. The Morgan fingerprint density at radius 3 is 1.83 bits per heavy atom. The quantitative estimate of drug-likeness (QED) is 0.242. The third kappa shape index (κ3) is 8.89. The molecule has 0 spiro atoms. The fourth-order valence-electron chi connectivity index (χ4n) is 3.61. The van der Waals surface area contributed by atoms with E-state index >= 15 is 0 Å². The van der Waals surface area contributed by atoms with Crippen LogP contribution in [0.3, 0.4) is 0 Å². The number of hydrogen-bond acceptors (Lipinski definition) is 0. The first-order valence-electron chi connectivity index (χ1n) is 10.9. The van der Waals surface area contributed by atoms with Crippen LogP contribution in [0, 0.1) is 0 Å². The highest BCUT2D eigenvalue weighted by Gasteiger charge is 2.14. The number of aromatic nitrogens is 2. The first-order valence-corrected chi connectivity index (χ1v) is 10.9. The molecule has 1 rings (SSSR count). The lowest BCUT2D eigenvalue weighted by Crippen LogP contribution is -2.37. The van der Waals surface area contributed by atoms with Crippen LogP contribution in [0.25, 0.3) is 0 Å². The molecule has 1 heterocycles. The van der Waals surface area contributed by atoms with E-state index in [1.807, 2.05) is 0 Å². The van der Waals surface area contributed by atoms with E-state index in [4.69, 9.17) is 0 Å². The third-order valence-corrected chi connectivity index (χ3v) is 5.16. The zero-order chi connectivity index (χ0) is 17.5. The van der Waals surface area contributed by atoms with E-state index in [0.29, 0.717) is 0 Å². The van der Waals surface area contributed by atoms with Crippen molar-refractivity contribution in [3.8, 4) is 0 Å². The van der Waals surface area contributed by atoms with Crippen molar-refractivity contribution in [2.45, 2.75) is 124 Å². The molecule has 0 radical (unpaired) electrons. The molecule has 2 heteroatoms. The summed E-state index contributed by atoms with van der Waals surface area (Å²) in [6.45, 7) is 9.30. The van der Waals surface area contributed by atoms with Crippen molar-refractivity contribution in [2.75, 3.05) is 0 Å². The highest BCUT2D eigenvalue weighted by atomic mass is 15.1. The van der Waals surface area contributed by atoms with Crippen LogP contribution >= 0.6 is 0 Å². The lowest BCUT2D eigenvalue weighted by molar-refractivity contribution is -0.704. The summed E-state index contributed by atoms with van der Waals surface area (Å²) >= 11 is 0. The molecule has 0 atom stereocenters. The highest BCUT2D eigenvalue weighted by molar-refractivity contribution is 4.83. The van der Waals surface area contributed by atoms with Crippen LogP contribution in [0.5, 0.6) is 0 Å². The van der Waals surface area contributed by atoms with Gasteiger partial charge in [-0.15, -0.1) is 0 Å². The van der Waals surface area contributed by atoms with Crippen LogP contribution < -0.4 is 4.57 Å². The predicted octanol–water partition coefficient (Wildman–Crippen LogP) is 6.45. The van der Waals surface area contributed by atoms with Crippen LogP contribution in [-0.4, -0.2) is 4.57 Å². The topological polar surface area (TPSA) is 8.81 Å². The van der Waals surface area contributed by atoms with Gasteiger partial charge in [-0.2, -0.15) is 0 Å². The van der Waals surface area contributed by atoms with Crippen molar-refractivity contribution >= 4 is 0 Å². The zero-order valence-electron chi connectivity index (χ0n) is 16.9. The smallest absolute Gasteiger partial charge is 0.234 e. The van der Waals surface area contributed by atoms with Crippen molar-refractivity contribution in [3.63, 3.8) is 0 Å². The Labute approximate surface area is 151 Å². The minimum Gasteiger partial charge on any atom is -0.234 e. The van der Waals surface area contributed by atoms with E-state index < -0.39 is 0 Å². The minimum absolute atomic E-state index is 1.15. The Hall–Kier alpha value is -0.790. The second-order valence-electron chi connectivity index (χ2n) is 7.34. The summed E-state index contributed by atoms with van der Waals surface area (Å²) in [5.74, 6) is 1.52. The van der Waals surface area contributed by atoms with Gasteiger partial charge in [0.1, 0.15) is 12.4 Å². The molecule has 0 aliphatic carbocycles. The SMILES string of the molecule is CCCCCCCCC[n+]1ccn(CCCCCCCC)c1CC. The van der Waals surface area contributed by atoms with Gasteiger partial charge in [0.05, 0.1) is 13.1 Å². The zero-order valence-corrected chi connectivity index (χ0v) is 16.9. The predicted molar refractivity (Wildman–Crippen MR) is 105 cm³/mol. The Morgan fingerprint density at radius 1 is 0.708 bits per heavy atom. The van der Waals surface area contributed by atoms with Crippen molar-refractivity contribution < 1.29 is 4.57 Å². The maximum atomic E-state index is 2.50. The molecule has 0 amide bonds. The molecule has 0 fully saturated rings. The fourth-order valence-corrected chi connectivity index (χ4v) is 3.61. The van der Waals surface area contributed by atoms with Crippen molar-refractivity contribution in [3.05, 3.63) is 18.2 Å². The number of unbranched alkanes of at least 4 members (excludes halogenated alkanes) is 11. The molecule has 0 aliphatic heterocycles. The van der Waals surface area contributed by atoms with Gasteiger partial charge >= 0.3 is 0 Å². The maximum absolute atomic E-state index is 2.50. The van der Waals surface area contributed by atoms with E-state index in [0.717, 1.165) is 6.42 Å². The number of rotatable bonds is 16.